The summed E-state index contributed by atoms with van der Waals surface area (Å²) in [5, 5.41) is 8.90. The Morgan fingerprint density at radius 1 is 1.10 bits per heavy atom. The largest absolute Gasteiger partial charge is 0.481 e. The zero-order valence-electron chi connectivity index (χ0n) is 13.7. The zero-order valence-corrected chi connectivity index (χ0v) is 13.7. The summed E-state index contributed by atoms with van der Waals surface area (Å²) in [5.74, 6) is -0.230. The number of aliphatic carboxylic acids is 1. The van der Waals surface area contributed by atoms with E-state index >= 15 is 0 Å². The lowest BCUT2D eigenvalue weighted by atomic mass is 10.0. The molecule has 1 aromatic carbocycles. The predicted molar refractivity (Wildman–Crippen MR) is 88.2 cm³/mol. The number of nitrogens with zero attached hydrogens (tertiary/aromatic N) is 2. The van der Waals surface area contributed by atoms with Crippen molar-refractivity contribution >= 4 is 11.7 Å². The Kier molecular flexibility index (Phi) is 7.23. The first-order valence-corrected chi connectivity index (χ1v) is 7.61. The van der Waals surface area contributed by atoms with Crippen LogP contribution < -0.4 is 4.90 Å². The predicted octanol–water partition coefficient (Wildman–Crippen LogP) is 3.04. The Bertz CT molecular complexity index is 427. The van der Waals surface area contributed by atoms with Gasteiger partial charge in [-0.15, -0.1) is 0 Å². The molecule has 0 aromatic heterocycles. The van der Waals surface area contributed by atoms with E-state index < -0.39 is 5.97 Å². The number of carboxylic acids is 1. The molecule has 0 fully saturated rings. The van der Waals surface area contributed by atoms with Gasteiger partial charge in [0.1, 0.15) is 0 Å². The van der Waals surface area contributed by atoms with Crippen molar-refractivity contribution in [1.82, 2.24) is 4.90 Å². The minimum Gasteiger partial charge on any atom is -0.481 e. The first-order valence-electron chi connectivity index (χ1n) is 7.61. The summed E-state index contributed by atoms with van der Waals surface area (Å²) < 4.78 is 0. The molecule has 4 heteroatoms. The van der Waals surface area contributed by atoms with Gasteiger partial charge in [-0.25, -0.2) is 0 Å². The smallest absolute Gasteiger partial charge is 0.305 e. The Morgan fingerprint density at radius 3 is 2.19 bits per heavy atom. The Balaban J connectivity index is 2.71. The van der Waals surface area contributed by atoms with E-state index in [0.717, 1.165) is 25.2 Å². The highest BCUT2D eigenvalue weighted by atomic mass is 16.4. The number of carbonyl (C=O) groups is 1. The lowest BCUT2D eigenvalue weighted by Crippen LogP contribution is -2.29. The third-order valence-electron chi connectivity index (χ3n) is 3.55. The van der Waals surface area contributed by atoms with Gasteiger partial charge in [0.2, 0.25) is 0 Å². The monoisotopic (exact) mass is 292 g/mol. The molecule has 0 aliphatic heterocycles. The van der Waals surface area contributed by atoms with Crippen LogP contribution in [-0.4, -0.2) is 49.7 Å². The fourth-order valence-electron chi connectivity index (χ4n) is 2.25. The van der Waals surface area contributed by atoms with Crippen LogP contribution in [0.15, 0.2) is 24.3 Å². The Morgan fingerprint density at radius 2 is 1.71 bits per heavy atom. The molecule has 0 spiro atoms. The molecule has 1 aromatic rings. The molecule has 4 nitrogen and oxygen atoms in total. The van der Waals surface area contributed by atoms with Gasteiger partial charge in [-0.1, -0.05) is 26.0 Å². The molecule has 0 unspecified atom stereocenters. The van der Waals surface area contributed by atoms with Gasteiger partial charge >= 0.3 is 5.97 Å². The number of carboxylic acid groups (broad SMARTS) is 1. The summed E-state index contributed by atoms with van der Waals surface area (Å²) in [6, 6.07) is 8.49. The van der Waals surface area contributed by atoms with Crippen molar-refractivity contribution < 1.29 is 9.90 Å². The highest BCUT2D eigenvalue weighted by Gasteiger charge is 2.09. The van der Waals surface area contributed by atoms with Crippen LogP contribution in [0.1, 0.15) is 38.2 Å². The standard InChI is InChI=1S/C17H28N2O2/c1-14(2)15-6-8-16(9-7-15)19(13-10-17(20)21)12-5-11-18(3)4/h6-9,14H,5,10-13H2,1-4H3,(H,20,21). The van der Waals surface area contributed by atoms with Crippen molar-refractivity contribution in [2.24, 2.45) is 0 Å². The van der Waals surface area contributed by atoms with Crippen molar-refractivity contribution in [2.75, 3.05) is 38.6 Å². The van der Waals surface area contributed by atoms with E-state index in [1.807, 2.05) is 0 Å². The molecule has 0 saturated heterocycles. The molecule has 0 bridgehead atoms. The van der Waals surface area contributed by atoms with Crippen LogP contribution in [-0.2, 0) is 4.79 Å². The maximum atomic E-state index is 10.8. The minimum atomic E-state index is -0.744. The molecular formula is C17H28N2O2. The van der Waals surface area contributed by atoms with Gasteiger partial charge in [0.25, 0.3) is 0 Å². The quantitative estimate of drug-likeness (QED) is 0.760. The number of hydrogen-bond donors (Lipinski definition) is 1. The van der Waals surface area contributed by atoms with Crippen LogP contribution in [0.3, 0.4) is 0 Å². The second kappa shape index (κ2) is 8.67. The SMILES string of the molecule is CC(C)c1ccc(N(CCCN(C)C)CCC(=O)O)cc1. The van der Waals surface area contributed by atoms with Crippen LogP contribution in [0, 0.1) is 0 Å². The Hall–Kier alpha value is -1.55. The first kappa shape index (κ1) is 17.5. The average Bonchev–Trinajstić information content (AvgIpc) is 2.42. The lowest BCUT2D eigenvalue weighted by molar-refractivity contribution is -0.136. The summed E-state index contributed by atoms with van der Waals surface area (Å²) in [4.78, 5) is 15.1. The third-order valence-corrected chi connectivity index (χ3v) is 3.55. The van der Waals surface area contributed by atoms with E-state index in [9.17, 15) is 4.79 Å². The minimum absolute atomic E-state index is 0.175. The van der Waals surface area contributed by atoms with E-state index in [-0.39, 0.29) is 6.42 Å². The lowest BCUT2D eigenvalue weighted by Gasteiger charge is -2.25. The molecule has 0 amide bonds. The number of hydrogen-bond acceptors (Lipinski definition) is 3. The molecule has 0 heterocycles. The van der Waals surface area contributed by atoms with Crippen molar-refractivity contribution in [3.05, 3.63) is 29.8 Å². The topological polar surface area (TPSA) is 43.8 Å². The van der Waals surface area contributed by atoms with Gasteiger partial charge in [0.05, 0.1) is 6.42 Å². The van der Waals surface area contributed by atoms with Crippen molar-refractivity contribution in [3.8, 4) is 0 Å². The van der Waals surface area contributed by atoms with E-state index in [2.05, 4.69) is 62.0 Å². The molecular weight excluding hydrogens is 264 g/mol. The fraction of sp³-hybridized carbons (Fsp3) is 0.588. The average molecular weight is 292 g/mol. The van der Waals surface area contributed by atoms with Gasteiger partial charge in [-0.2, -0.15) is 0 Å². The highest BCUT2D eigenvalue weighted by Crippen LogP contribution is 2.20. The first-order chi connectivity index (χ1) is 9.90. The summed E-state index contributed by atoms with van der Waals surface area (Å²) in [5.41, 5.74) is 2.42. The number of anilines is 1. The van der Waals surface area contributed by atoms with Gasteiger partial charge in [-0.05, 0) is 50.7 Å². The van der Waals surface area contributed by atoms with Crippen LogP contribution in [0.5, 0.6) is 0 Å². The van der Waals surface area contributed by atoms with Crippen LogP contribution in [0.2, 0.25) is 0 Å². The van der Waals surface area contributed by atoms with Crippen LogP contribution in [0.25, 0.3) is 0 Å². The normalized spacial score (nSPS) is 11.1. The maximum Gasteiger partial charge on any atom is 0.305 e. The molecule has 0 aliphatic carbocycles. The third kappa shape index (κ3) is 6.63. The molecule has 118 valence electrons. The number of rotatable bonds is 9. The van der Waals surface area contributed by atoms with Gasteiger partial charge in [-0.3, -0.25) is 4.79 Å². The maximum absolute atomic E-state index is 10.8. The summed E-state index contributed by atoms with van der Waals surface area (Å²) >= 11 is 0. The summed E-state index contributed by atoms with van der Waals surface area (Å²) in [6.07, 6.45) is 1.20. The molecule has 0 aliphatic rings. The fourth-order valence-corrected chi connectivity index (χ4v) is 2.25. The van der Waals surface area contributed by atoms with E-state index in [4.69, 9.17) is 5.11 Å². The van der Waals surface area contributed by atoms with Gasteiger partial charge in [0.15, 0.2) is 0 Å². The molecule has 0 radical (unpaired) electrons. The van der Waals surface area contributed by atoms with Crippen LogP contribution in [0.4, 0.5) is 5.69 Å². The summed E-state index contributed by atoms with van der Waals surface area (Å²) in [6.45, 7) is 6.80. The van der Waals surface area contributed by atoms with Crippen molar-refractivity contribution in [1.29, 1.82) is 0 Å². The van der Waals surface area contributed by atoms with Crippen LogP contribution >= 0.6 is 0 Å². The summed E-state index contributed by atoms with van der Waals surface area (Å²) in [7, 11) is 4.11. The van der Waals surface area contributed by atoms with E-state index in [0.29, 0.717) is 12.5 Å². The second-order valence-electron chi connectivity index (χ2n) is 6.03. The molecule has 0 atom stereocenters. The van der Waals surface area contributed by atoms with Crippen molar-refractivity contribution in [2.45, 2.75) is 32.6 Å². The van der Waals surface area contributed by atoms with E-state index in [1.165, 1.54) is 5.56 Å². The second-order valence-corrected chi connectivity index (χ2v) is 6.03. The molecule has 1 N–H and O–H groups in total. The van der Waals surface area contributed by atoms with Gasteiger partial charge in [0, 0.05) is 18.8 Å². The van der Waals surface area contributed by atoms with Gasteiger partial charge < -0.3 is 14.9 Å². The number of benzene rings is 1. The zero-order chi connectivity index (χ0) is 15.8. The molecule has 21 heavy (non-hydrogen) atoms. The highest BCUT2D eigenvalue weighted by molar-refractivity contribution is 5.67. The van der Waals surface area contributed by atoms with E-state index in [1.54, 1.807) is 0 Å². The molecule has 0 saturated carbocycles. The Labute approximate surface area is 128 Å². The van der Waals surface area contributed by atoms with Crippen molar-refractivity contribution in [3.63, 3.8) is 0 Å². The molecule has 1 rings (SSSR count).